The minimum atomic E-state index is -0.134. The Hall–Kier alpha value is -1.43. The molecule has 1 saturated heterocycles. The first-order chi connectivity index (χ1) is 9.11. The van der Waals surface area contributed by atoms with Crippen LogP contribution in [0.15, 0.2) is 22.9 Å². The van der Waals surface area contributed by atoms with E-state index in [1.54, 1.807) is 23.4 Å². The Balaban J connectivity index is 1.94. The molecule has 6 heteroatoms. The van der Waals surface area contributed by atoms with Gasteiger partial charge in [-0.2, -0.15) is 0 Å². The quantitative estimate of drug-likeness (QED) is 0.917. The Kier molecular flexibility index (Phi) is 4.52. The van der Waals surface area contributed by atoms with Crippen molar-refractivity contribution in [3.63, 3.8) is 0 Å². The van der Waals surface area contributed by atoms with Gasteiger partial charge in [-0.1, -0.05) is 6.92 Å². The van der Waals surface area contributed by atoms with Crippen molar-refractivity contribution in [2.45, 2.75) is 25.8 Å². The monoisotopic (exact) mass is 325 g/mol. The molecule has 1 aromatic rings. The standard InChI is InChI=1S/C13H16BrN3O2/c1-2-12(18)17-6-4-9(8-17)16-13(19)10-3-5-15-7-11(10)14/h3,5,7,9H,2,4,6,8H2,1H3,(H,16,19). The summed E-state index contributed by atoms with van der Waals surface area (Å²) in [5, 5.41) is 2.95. The van der Waals surface area contributed by atoms with Crippen molar-refractivity contribution >= 4 is 27.7 Å². The third-order valence-corrected chi connectivity index (χ3v) is 3.83. The van der Waals surface area contributed by atoms with E-state index in [9.17, 15) is 9.59 Å². The lowest BCUT2D eigenvalue weighted by Gasteiger charge is -2.16. The number of aromatic nitrogens is 1. The predicted molar refractivity (Wildman–Crippen MR) is 74.7 cm³/mol. The number of likely N-dealkylation sites (tertiary alicyclic amines) is 1. The third-order valence-electron chi connectivity index (χ3n) is 3.20. The fraction of sp³-hybridized carbons (Fsp3) is 0.462. The number of nitrogens with one attached hydrogen (secondary N) is 1. The number of carbonyl (C=O) groups excluding carboxylic acids is 2. The highest BCUT2D eigenvalue weighted by atomic mass is 79.9. The van der Waals surface area contributed by atoms with E-state index in [1.165, 1.54) is 0 Å². The summed E-state index contributed by atoms with van der Waals surface area (Å²) >= 11 is 3.30. The Morgan fingerprint density at radius 1 is 1.58 bits per heavy atom. The summed E-state index contributed by atoms with van der Waals surface area (Å²) in [6.07, 6.45) is 4.49. The minimum Gasteiger partial charge on any atom is -0.347 e. The van der Waals surface area contributed by atoms with Crippen molar-refractivity contribution in [1.82, 2.24) is 15.2 Å². The molecule has 0 radical (unpaired) electrons. The second-order valence-corrected chi connectivity index (χ2v) is 5.36. The Morgan fingerprint density at radius 3 is 3.05 bits per heavy atom. The molecule has 0 aliphatic carbocycles. The summed E-state index contributed by atoms with van der Waals surface area (Å²) in [5.41, 5.74) is 0.565. The van der Waals surface area contributed by atoms with E-state index >= 15 is 0 Å². The van der Waals surface area contributed by atoms with Crippen LogP contribution < -0.4 is 5.32 Å². The van der Waals surface area contributed by atoms with Gasteiger partial charge in [-0.05, 0) is 28.4 Å². The van der Waals surface area contributed by atoms with E-state index in [1.807, 2.05) is 6.92 Å². The first-order valence-electron chi connectivity index (χ1n) is 6.30. The van der Waals surface area contributed by atoms with Gasteiger partial charge in [-0.3, -0.25) is 14.6 Å². The fourth-order valence-electron chi connectivity index (χ4n) is 2.15. The van der Waals surface area contributed by atoms with Gasteiger partial charge in [0.25, 0.3) is 5.91 Å². The Labute approximate surface area is 120 Å². The smallest absolute Gasteiger partial charge is 0.252 e. The maximum Gasteiger partial charge on any atom is 0.252 e. The zero-order chi connectivity index (χ0) is 13.8. The van der Waals surface area contributed by atoms with Crippen molar-refractivity contribution in [3.8, 4) is 0 Å². The minimum absolute atomic E-state index is 0.0306. The lowest BCUT2D eigenvalue weighted by atomic mass is 10.2. The normalized spacial score (nSPS) is 18.4. The summed E-state index contributed by atoms with van der Waals surface area (Å²) < 4.78 is 0.673. The van der Waals surface area contributed by atoms with Crippen LogP contribution in [-0.4, -0.2) is 40.8 Å². The average Bonchev–Trinajstić information content (AvgIpc) is 2.86. The number of carbonyl (C=O) groups is 2. The predicted octanol–water partition coefficient (Wildman–Crippen LogP) is 1.58. The van der Waals surface area contributed by atoms with Crippen LogP contribution in [-0.2, 0) is 4.79 Å². The topological polar surface area (TPSA) is 62.3 Å². The molecule has 2 amide bonds. The molecule has 1 atom stereocenters. The molecular formula is C13H16BrN3O2. The van der Waals surface area contributed by atoms with Gasteiger partial charge in [0.2, 0.25) is 5.91 Å². The molecule has 1 aliphatic heterocycles. The van der Waals surface area contributed by atoms with Crippen molar-refractivity contribution in [2.24, 2.45) is 0 Å². The van der Waals surface area contributed by atoms with Gasteiger partial charge in [-0.15, -0.1) is 0 Å². The summed E-state index contributed by atoms with van der Waals surface area (Å²) in [6.45, 7) is 3.17. The van der Waals surface area contributed by atoms with Gasteiger partial charge in [-0.25, -0.2) is 0 Å². The third kappa shape index (κ3) is 3.32. The number of pyridine rings is 1. The largest absolute Gasteiger partial charge is 0.347 e. The van der Waals surface area contributed by atoms with E-state index < -0.39 is 0 Å². The number of rotatable bonds is 3. The summed E-state index contributed by atoms with van der Waals surface area (Å²) in [4.78, 5) is 29.4. The molecule has 2 rings (SSSR count). The highest BCUT2D eigenvalue weighted by Gasteiger charge is 2.26. The van der Waals surface area contributed by atoms with E-state index in [0.29, 0.717) is 23.0 Å². The van der Waals surface area contributed by atoms with Crippen LogP contribution in [0.4, 0.5) is 0 Å². The maximum absolute atomic E-state index is 12.1. The second kappa shape index (κ2) is 6.14. The highest BCUT2D eigenvalue weighted by molar-refractivity contribution is 9.10. The Bertz CT molecular complexity index is 493. The van der Waals surface area contributed by atoms with Crippen LogP contribution in [0.1, 0.15) is 30.1 Å². The number of halogens is 1. The van der Waals surface area contributed by atoms with Crippen LogP contribution in [0, 0.1) is 0 Å². The van der Waals surface area contributed by atoms with Crippen LogP contribution in [0.2, 0.25) is 0 Å². The van der Waals surface area contributed by atoms with Crippen molar-refractivity contribution in [2.75, 3.05) is 13.1 Å². The summed E-state index contributed by atoms with van der Waals surface area (Å²) in [6, 6.07) is 1.70. The van der Waals surface area contributed by atoms with Gasteiger partial charge < -0.3 is 10.2 Å². The molecule has 0 aromatic carbocycles. The zero-order valence-corrected chi connectivity index (χ0v) is 12.3. The lowest BCUT2D eigenvalue weighted by molar-refractivity contribution is -0.129. The van der Waals surface area contributed by atoms with Crippen molar-refractivity contribution in [3.05, 3.63) is 28.5 Å². The van der Waals surface area contributed by atoms with Crippen LogP contribution >= 0.6 is 15.9 Å². The molecule has 0 spiro atoms. The Morgan fingerprint density at radius 2 is 2.37 bits per heavy atom. The summed E-state index contributed by atoms with van der Waals surface area (Å²) in [5.74, 6) is 0.00640. The molecule has 1 aromatic heterocycles. The molecule has 1 aliphatic rings. The number of amides is 2. The number of hydrogen-bond acceptors (Lipinski definition) is 3. The second-order valence-electron chi connectivity index (χ2n) is 4.51. The first kappa shape index (κ1) is 14.0. The van der Waals surface area contributed by atoms with Crippen molar-refractivity contribution < 1.29 is 9.59 Å². The van der Waals surface area contributed by atoms with Crippen LogP contribution in [0.25, 0.3) is 0 Å². The van der Waals surface area contributed by atoms with E-state index in [4.69, 9.17) is 0 Å². The van der Waals surface area contributed by atoms with Gasteiger partial charge in [0, 0.05) is 42.4 Å². The zero-order valence-electron chi connectivity index (χ0n) is 10.7. The van der Waals surface area contributed by atoms with Crippen molar-refractivity contribution in [1.29, 1.82) is 0 Å². The van der Waals surface area contributed by atoms with Gasteiger partial charge in [0.15, 0.2) is 0 Å². The van der Waals surface area contributed by atoms with Gasteiger partial charge >= 0.3 is 0 Å². The first-order valence-corrected chi connectivity index (χ1v) is 7.09. The molecule has 0 saturated carbocycles. The maximum atomic E-state index is 12.1. The SMILES string of the molecule is CCC(=O)N1CCC(NC(=O)c2ccncc2Br)C1. The molecule has 0 bridgehead atoms. The molecule has 5 nitrogen and oxygen atoms in total. The number of nitrogens with zero attached hydrogens (tertiary/aromatic N) is 2. The van der Waals surface area contributed by atoms with Crippen LogP contribution in [0.5, 0.6) is 0 Å². The van der Waals surface area contributed by atoms with Gasteiger partial charge in [0.1, 0.15) is 0 Å². The summed E-state index contributed by atoms with van der Waals surface area (Å²) in [7, 11) is 0. The molecule has 1 fully saturated rings. The van der Waals surface area contributed by atoms with E-state index in [2.05, 4.69) is 26.2 Å². The van der Waals surface area contributed by atoms with E-state index in [0.717, 1.165) is 13.0 Å². The fourth-order valence-corrected chi connectivity index (χ4v) is 2.58. The van der Waals surface area contributed by atoms with Gasteiger partial charge in [0.05, 0.1) is 5.56 Å². The lowest BCUT2D eigenvalue weighted by Crippen LogP contribution is -2.38. The molecular weight excluding hydrogens is 310 g/mol. The molecule has 19 heavy (non-hydrogen) atoms. The molecule has 102 valence electrons. The highest BCUT2D eigenvalue weighted by Crippen LogP contribution is 2.16. The molecule has 2 heterocycles. The average molecular weight is 326 g/mol. The molecule has 1 unspecified atom stereocenters. The number of hydrogen-bond donors (Lipinski definition) is 1. The van der Waals surface area contributed by atoms with Crippen LogP contribution in [0.3, 0.4) is 0 Å². The molecule has 1 N–H and O–H groups in total. The van der Waals surface area contributed by atoms with E-state index in [-0.39, 0.29) is 17.9 Å².